The zero-order chi connectivity index (χ0) is 18.8. The number of aromatic nitrogens is 1. The number of carbonyl (C=O) groups is 1. The molecule has 27 heavy (non-hydrogen) atoms. The van der Waals surface area contributed by atoms with Crippen LogP contribution >= 0.6 is 11.3 Å². The van der Waals surface area contributed by atoms with E-state index in [-0.39, 0.29) is 11.9 Å². The van der Waals surface area contributed by atoms with Crippen LogP contribution in [-0.2, 0) is 6.42 Å². The molecule has 2 aromatic carbocycles. The van der Waals surface area contributed by atoms with Crippen LogP contribution in [0.1, 0.15) is 34.1 Å². The molecular formula is C21H21N3O2S. The van der Waals surface area contributed by atoms with Crippen molar-refractivity contribution in [3.8, 4) is 5.75 Å². The third-order valence-electron chi connectivity index (χ3n) is 4.95. The van der Waals surface area contributed by atoms with Gasteiger partial charge in [0, 0.05) is 18.1 Å². The third kappa shape index (κ3) is 3.53. The van der Waals surface area contributed by atoms with E-state index in [2.05, 4.69) is 28.5 Å². The fraction of sp³-hybridized carbons (Fsp3) is 0.238. The first-order valence-electron chi connectivity index (χ1n) is 8.87. The van der Waals surface area contributed by atoms with Gasteiger partial charge in [0.2, 0.25) is 0 Å². The van der Waals surface area contributed by atoms with Crippen molar-refractivity contribution >= 4 is 28.1 Å². The monoisotopic (exact) mass is 379 g/mol. The minimum absolute atomic E-state index is 0.0456. The van der Waals surface area contributed by atoms with Crippen molar-refractivity contribution in [3.63, 3.8) is 0 Å². The van der Waals surface area contributed by atoms with Gasteiger partial charge >= 0.3 is 0 Å². The number of benzene rings is 2. The zero-order valence-corrected chi connectivity index (χ0v) is 16.1. The molecule has 1 amide bonds. The Kier molecular flexibility index (Phi) is 4.81. The second kappa shape index (κ2) is 7.40. The molecule has 1 aliphatic carbocycles. The number of methoxy groups -OCH3 is 1. The van der Waals surface area contributed by atoms with Gasteiger partial charge in [-0.3, -0.25) is 4.79 Å². The van der Waals surface area contributed by atoms with Gasteiger partial charge in [0.1, 0.15) is 11.4 Å². The Morgan fingerprint density at radius 3 is 2.78 bits per heavy atom. The lowest BCUT2D eigenvalue weighted by atomic mass is 10.1. The Hall–Kier alpha value is -2.86. The maximum Gasteiger partial charge on any atom is 0.273 e. The van der Waals surface area contributed by atoms with Crippen LogP contribution in [0.3, 0.4) is 0 Å². The molecular weight excluding hydrogens is 358 g/mol. The Balaban J connectivity index is 1.47. The van der Waals surface area contributed by atoms with Crippen LogP contribution < -0.4 is 10.1 Å². The summed E-state index contributed by atoms with van der Waals surface area (Å²) in [5, 5.41) is 5.74. The Morgan fingerprint density at radius 2 is 2.00 bits per heavy atom. The van der Waals surface area contributed by atoms with E-state index in [4.69, 9.17) is 4.74 Å². The van der Waals surface area contributed by atoms with Gasteiger partial charge < -0.3 is 15.0 Å². The standard InChI is InChI=1S/C21H21N3O2S/c1-24(19-12-7-14-5-3-4-6-17(14)19)20(25)18-13-27-21(23-18)22-15-8-10-16(26-2)11-9-15/h3-6,8-11,13,19H,7,12H2,1-2H3,(H,22,23). The predicted octanol–water partition coefficient (Wildman–Crippen LogP) is 4.65. The van der Waals surface area contributed by atoms with Crippen molar-refractivity contribution in [2.45, 2.75) is 18.9 Å². The minimum atomic E-state index is -0.0456. The van der Waals surface area contributed by atoms with Gasteiger partial charge in [0.05, 0.1) is 13.2 Å². The largest absolute Gasteiger partial charge is 0.497 e. The summed E-state index contributed by atoms with van der Waals surface area (Å²) in [6, 6.07) is 16.1. The molecule has 0 aliphatic heterocycles. The van der Waals surface area contributed by atoms with Crippen molar-refractivity contribution in [3.05, 3.63) is 70.7 Å². The SMILES string of the molecule is COc1ccc(Nc2nc(C(=O)N(C)C3CCc4ccccc43)cs2)cc1. The van der Waals surface area contributed by atoms with E-state index >= 15 is 0 Å². The number of aryl methyl sites for hydroxylation is 1. The third-order valence-corrected chi connectivity index (χ3v) is 5.71. The smallest absolute Gasteiger partial charge is 0.273 e. The summed E-state index contributed by atoms with van der Waals surface area (Å²) in [4.78, 5) is 19.2. The second-order valence-corrected chi connectivity index (χ2v) is 7.42. The topological polar surface area (TPSA) is 54.5 Å². The summed E-state index contributed by atoms with van der Waals surface area (Å²) < 4.78 is 5.16. The van der Waals surface area contributed by atoms with Gasteiger partial charge in [-0.25, -0.2) is 4.98 Å². The molecule has 0 spiro atoms. The van der Waals surface area contributed by atoms with Crippen molar-refractivity contribution < 1.29 is 9.53 Å². The van der Waals surface area contributed by atoms with Crippen LogP contribution in [0.25, 0.3) is 0 Å². The number of hydrogen-bond acceptors (Lipinski definition) is 5. The van der Waals surface area contributed by atoms with Crippen molar-refractivity contribution in [2.24, 2.45) is 0 Å². The van der Waals surface area contributed by atoms with E-state index in [1.165, 1.54) is 22.5 Å². The lowest BCUT2D eigenvalue weighted by Gasteiger charge is -2.24. The maximum absolute atomic E-state index is 12.9. The summed E-state index contributed by atoms with van der Waals surface area (Å²) >= 11 is 1.43. The minimum Gasteiger partial charge on any atom is -0.497 e. The van der Waals surface area contributed by atoms with E-state index < -0.39 is 0 Å². The average Bonchev–Trinajstić information content (AvgIpc) is 3.34. The van der Waals surface area contributed by atoms with E-state index in [1.54, 1.807) is 7.11 Å². The van der Waals surface area contributed by atoms with Crippen LogP contribution in [0, 0.1) is 0 Å². The summed E-state index contributed by atoms with van der Waals surface area (Å²) in [5.74, 6) is 0.754. The number of amides is 1. The van der Waals surface area contributed by atoms with Gasteiger partial charge in [0.25, 0.3) is 5.91 Å². The predicted molar refractivity (Wildman–Crippen MR) is 108 cm³/mol. The molecule has 0 fully saturated rings. The normalized spacial score (nSPS) is 15.3. The highest BCUT2D eigenvalue weighted by Gasteiger charge is 2.29. The number of fused-ring (bicyclic) bond motifs is 1. The van der Waals surface area contributed by atoms with Crippen LogP contribution in [0.4, 0.5) is 10.8 Å². The summed E-state index contributed by atoms with van der Waals surface area (Å²) in [6.45, 7) is 0. The van der Waals surface area contributed by atoms with Crippen LogP contribution in [-0.4, -0.2) is 29.9 Å². The lowest BCUT2D eigenvalue weighted by molar-refractivity contribution is 0.0725. The molecule has 0 radical (unpaired) electrons. The van der Waals surface area contributed by atoms with E-state index in [1.807, 2.05) is 47.7 Å². The number of thiazole rings is 1. The number of rotatable bonds is 5. The number of carbonyl (C=O) groups excluding carboxylic acids is 1. The molecule has 1 heterocycles. The number of nitrogens with zero attached hydrogens (tertiary/aromatic N) is 2. The zero-order valence-electron chi connectivity index (χ0n) is 15.3. The molecule has 0 saturated heterocycles. The molecule has 3 aromatic rings. The Morgan fingerprint density at radius 1 is 1.22 bits per heavy atom. The van der Waals surface area contributed by atoms with Crippen molar-refractivity contribution in [1.29, 1.82) is 0 Å². The van der Waals surface area contributed by atoms with Gasteiger partial charge in [0.15, 0.2) is 5.13 Å². The number of hydrogen-bond donors (Lipinski definition) is 1. The highest BCUT2D eigenvalue weighted by Crippen LogP contribution is 2.35. The van der Waals surface area contributed by atoms with Gasteiger partial charge in [-0.05, 0) is 48.2 Å². The van der Waals surface area contributed by atoms with Gasteiger partial charge in [-0.2, -0.15) is 0 Å². The van der Waals surface area contributed by atoms with Gasteiger partial charge in [-0.1, -0.05) is 24.3 Å². The molecule has 6 heteroatoms. The molecule has 4 rings (SSSR count). The summed E-state index contributed by atoms with van der Waals surface area (Å²) in [6.07, 6.45) is 1.97. The highest BCUT2D eigenvalue weighted by atomic mass is 32.1. The first-order chi connectivity index (χ1) is 13.2. The molecule has 0 bridgehead atoms. The number of anilines is 2. The number of nitrogens with one attached hydrogen (secondary N) is 1. The molecule has 1 aliphatic rings. The molecule has 1 atom stereocenters. The van der Waals surface area contributed by atoms with Gasteiger partial charge in [-0.15, -0.1) is 11.3 Å². The van der Waals surface area contributed by atoms with Crippen LogP contribution in [0.15, 0.2) is 53.9 Å². The highest BCUT2D eigenvalue weighted by molar-refractivity contribution is 7.14. The average molecular weight is 379 g/mol. The summed E-state index contributed by atoms with van der Waals surface area (Å²) in [5.41, 5.74) is 3.97. The lowest BCUT2D eigenvalue weighted by Crippen LogP contribution is -2.30. The Bertz CT molecular complexity index is 952. The van der Waals surface area contributed by atoms with E-state index in [9.17, 15) is 4.79 Å². The fourth-order valence-corrected chi connectivity index (χ4v) is 4.19. The second-order valence-electron chi connectivity index (χ2n) is 6.56. The van der Waals surface area contributed by atoms with E-state index in [0.29, 0.717) is 10.8 Å². The maximum atomic E-state index is 12.9. The van der Waals surface area contributed by atoms with Crippen LogP contribution in [0.2, 0.25) is 0 Å². The Labute approximate surface area is 162 Å². The van der Waals surface area contributed by atoms with Crippen molar-refractivity contribution in [2.75, 3.05) is 19.5 Å². The molecule has 1 unspecified atom stereocenters. The molecule has 1 aromatic heterocycles. The first kappa shape index (κ1) is 17.5. The van der Waals surface area contributed by atoms with Crippen LogP contribution in [0.5, 0.6) is 5.75 Å². The first-order valence-corrected chi connectivity index (χ1v) is 9.75. The molecule has 138 valence electrons. The molecule has 5 nitrogen and oxygen atoms in total. The quantitative estimate of drug-likeness (QED) is 0.701. The molecule has 1 N–H and O–H groups in total. The number of ether oxygens (including phenoxy) is 1. The van der Waals surface area contributed by atoms with Crippen molar-refractivity contribution in [1.82, 2.24) is 9.88 Å². The van der Waals surface area contributed by atoms with E-state index in [0.717, 1.165) is 24.3 Å². The molecule has 0 saturated carbocycles. The summed E-state index contributed by atoms with van der Waals surface area (Å²) in [7, 11) is 3.51. The fourth-order valence-electron chi connectivity index (χ4n) is 3.49.